The zero-order valence-corrected chi connectivity index (χ0v) is 13.2. The Kier molecular flexibility index (Phi) is 4.85. The van der Waals surface area contributed by atoms with E-state index in [0.717, 1.165) is 22.7 Å². The first-order valence-corrected chi connectivity index (χ1v) is 7.86. The maximum Gasteiger partial charge on any atom is 0.0175 e. The molecule has 1 N–H and O–H groups in total. The van der Waals surface area contributed by atoms with Crippen LogP contribution in [-0.2, 0) is 6.42 Å². The minimum absolute atomic E-state index is 0.559. The fourth-order valence-electron chi connectivity index (χ4n) is 3.00. The summed E-state index contributed by atoms with van der Waals surface area (Å²) in [5, 5.41) is 3.81. The van der Waals surface area contributed by atoms with E-state index in [1.165, 1.54) is 18.4 Å². The third-order valence-electron chi connectivity index (χ3n) is 4.42. The maximum atomic E-state index is 3.81. The van der Waals surface area contributed by atoms with Crippen LogP contribution in [0.4, 0.5) is 0 Å². The number of hydrogen-bond acceptors (Lipinski definition) is 1. The van der Waals surface area contributed by atoms with Crippen LogP contribution in [0.2, 0.25) is 0 Å². The fraction of sp³-hybridized carbons (Fsp3) is 0.625. The average Bonchev–Trinajstić information content (AvgIpc) is 2.64. The van der Waals surface area contributed by atoms with Gasteiger partial charge in [0, 0.05) is 16.6 Å². The van der Waals surface area contributed by atoms with E-state index in [1.807, 2.05) is 0 Å². The van der Waals surface area contributed by atoms with Crippen LogP contribution in [0.5, 0.6) is 0 Å². The maximum absolute atomic E-state index is 3.81. The van der Waals surface area contributed by atoms with Gasteiger partial charge in [0.2, 0.25) is 0 Å². The molecule has 4 atom stereocenters. The summed E-state index contributed by atoms with van der Waals surface area (Å²) in [4.78, 5) is 0. The Balaban J connectivity index is 1.85. The van der Waals surface area contributed by atoms with E-state index in [4.69, 9.17) is 0 Å². The molecule has 1 nitrogen and oxygen atoms in total. The molecule has 0 aliphatic heterocycles. The zero-order valence-electron chi connectivity index (χ0n) is 11.6. The van der Waals surface area contributed by atoms with Crippen molar-refractivity contribution in [3.05, 3.63) is 34.3 Å². The molecule has 0 heterocycles. The molecule has 0 radical (unpaired) electrons. The highest BCUT2D eigenvalue weighted by Crippen LogP contribution is 2.31. The number of halogens is 1. The van der Waals surface area contributed by atoms with Crippen LogP contribution in [0.25, 0.3) is 0 Å². The van der Waals surface area contributed by atoms with Crippen LogP contribution in [0.3, 0.4) is 0 Å². The summed E-state index contributed by atoms with van der Waals surface area (Å²) in [5.74, 6) is 1.69. The van der Waals surface area contributed by atoms with Crippen molar-refractivity contribution in [3.8, 4) is 0 Å². The van der Waals surface area contributed by atoms with Crippen molar-refractivity contribution in [1.82, 2.24) is 5.32 Å². The molecule has 4 unspecified atom stereocenters. The normalized spacial score (nSPS) is 29.4. The predicted octanol–water partition coefficient (Wildman–Crippen LogP) is 4.40. The summed E-state index contributed by atoms with van der Waals surface area (Å²) in [5.41, 5.74) is 1.41. The van der Waals surface area contributed by atoms with Gasteiger partial charge in [-0.3, -0.25) is 0 Å². The van der Waals surface area contributed by atoms with Gasteiger partial charge in [0.15, 0.2) is 0 Å². The second-order valence-corrected chi connectivity index (χ2v) is 6.83. The SMILES string of the molecule is CC(Cc1ccc(Br)cc1)NC1CCC(C)C1C. The highest BCUT2D eigenvalue weighted by atomic mass is 79.9. The molecule has 1 aliphatic rings. The molecule has 0 saturated heterocycles. The lowest BCUT2D eigenvalue weighted by atomic mass is 9.96. The van der Waals surface area contributed by atoms with E-state index in [9.17, 15) is 0 Å². The Morgan fingerprint density at radius 1 is 1.22 bits per heavy atom. The standard InChI is InChI=1S/C16H24BrN/c1-11-4-9-16(13(11)3)18-12(2)10-14-5-7-15(17)8-6-14/h5-8,11-13,16,18H,4,9-10H2,1-3H3. The van der Waals surface area contributed by atoms with E-state index in [2.05, 4.69) is 66.3 Å². The van der Waals surface area contributed by atoms with E-state index in [-0.39, 0.29) is 0 Å². The average molecular weight is 310 g/mol. The zero-order chi connectivity index (χ0) is 13.1. The Morgan fingerprint density at radius 3 is 2.44 bits per heavy atom. The molecule has 0 bridgehead atoms. The third-order valence-corrected chi connectivity index (χ3v) is 4.95. The number of hydrogen-bond donors (Lipinski definition) is 1. The molecule has 1 aromatic carbocycles. The summed E-state index contributed by atoms with van der Waals surface area (Å²) in [6.45, 7) is 7.07. The van der Waals surface area contributed by atoms with Gasteiger partial charge in [-0.15, -0.1) is 0 Å². The van der Waals surface area contributed by atoms with Gasteiger partial charge >= 0.3 is 0 Å². The lowest BCUT2D eigenvalue weighted by Gasteiger charge is -2.24. The van der Waals surface area contributed by atoms with Crippen molar-refractivity contribution in [3.63, 3.8) is 0 Å². The van der Waals surface area contributed by atoms with Gasteiger partial charge in [-0.05, 0) is 55.7 Å². The Bertz CT molecular complexity index is 373. The van der Waals surface area contributed by atoms with Gasteiger partial charge in [0.05, 0.1) is 0 Å². The van der Waals surface area contributed by atoms with Gasteiger partial charge in [-0.25, -0.2) is 0 Å². The van der Waals surface area contributed by atoms with Crippen LogP contribution in [0, 0.1) is 11.8 Å². The molecule has 2 rings (SSSR count). The molecule has 2 heteroatoms. The predicted molar refractivity (Wildman–Crippen MR) is 81.8 cm³/mol. The minimum Gasteiger partial charge on any atom is -0.311 e. The molecule has 1 fully saturated rings. The second kappa shape index (κ2) is 6.21. The van der Waals surface area contributed by atoms with Gasteiger partial charge in [0.1, 0.15) is 0 Å². The summed E-state index contributed by atoms with van der Waals surface area (Å²) in [6, 6.07) is 9.95. The third kappa shape index (κ3) is 3.58. The van der Waals surface area contributed by atoms with Crippen LogP contribution >= 0.6 is 15.9 Å². The molecule has 1 aliphatic carbocycles. The molecule has 1 saturated carbocycles. The van der Waals surface area contributed by atoms with Crippen molar-refractivity contribution in [2.75, 3.05) is 0 Å². The van der Waals surface area contributed by atoms with Crippen molar-refractivity contribution in [2.24, 2.45) is 11.8 Å². The Morgan fingerprint density at radius 2 is 1.89 bits per heavy atom. The van der Waals surface area contributed by atoms with Crippen LogP contribution < -0.4 is 5.32 Å². The first kappa shape index (κ1) is 14.1. The van der Waals surface area contributed by atoms with Crippen LogP contribution in [0.15, 0.2) is 28.7 Å². The summed E-state index contributed by atoms with van der Waals surface area (Å²) in [7, 11) is 0. The molecule has 100 valence electrons. The fourth-order valence-corrected chi connectivity index (χ4v) is 3.26. The van der Waals surface area contributed by atoms with Gasteiger partial charge < -0.3 is 5.32 Å². The van der Waals surface area contributed by atoms with E-state index in [0.29, 0.717) is 12.1 Å². The van der Waals surface area contributed by atoms with E-state index < -0.39 is 0 Å². The van der Waals surface area contributed by atoms with Crippen molar-refractivity contribution in [2.45, 2.75) is 52.1 Å². The molecule has 0 aromatic heterocycles. The molecule has 0 spiro atoms. The van der Waals surface area contributed by atoms with Crippen molar-refractivity contribution in [1.29, 1.82) is 0 Å². The highest BCUT2D eigenvalue weighted by molar-refractivity contribution is 9.10. The smallest absolute Gasteiger partial charge is 0.0175 e. The molecule has 18 heavy (non-hydrogen) atoms. The largest absolute Gasteiger partial charge is 0.311 e. The van der Waals surface area contributed by atoms with Crippen LogP contribution in [0.1, 0.15) is 39.2 Å². The van der Waals surface area contributed by atoms with Crippen molar-refractivity contribution < 1.29 is 0 Å². The lowest BCUT2D eigenvalue weighted by molar-refractivity contribution is 0.343. The monoisotopic (exact) mass is 309 g/mol. The number of rotatable bonds is 4. The summed E-state index contributed by atoms with van der Waals surface area (Å²) < 4.78 is 1.16. The summed E-state index contributed by atoms with van der Waals surface area (Å²) in [6.07, 6.45) is 3.84. The topological polar surface area (TPSA) is 12.0 Å². The van der Waals surface area contributed by atoms with Gasteiger partial charge in [0.25, 0.3) is 0 Å². The molecular formula is C16H24BrN. The van der Waals surface area contributed by atoms with E-state index in [1.54, 1.807) is 0 Å². The quantitative estimate of drug-likeness (QED) is 0.869. The first-order chi connectivity index (χ1) is 8.56. The number of benzene rings is 1. The first-order valence-electron chi connectivity index (χ1n) is 7.06. The van der Waals surface area contributed by atoms with Gasteiger partial charge in [-0.1, -0.05) is 41.9 Å². The molecule has 1 aromatic rings. The Hall–Kier alpha value is -0.340. The minimum atomic E-state index is 0.559. The van der Waals surface area contributed by atoms with Crippen LogP contribution in [-0.4, -0.2) is 12.1 Å². The lowest BCUT2D eigenvalue weighted by Crippen LogP contribution is -2.39. The van der Waals surface area contributed by atoms with Gasteiger partial charge in [-0.2, -0.15) is 0 Å². The summed E-state index contributed by atoms with van der Waals surface area (Å²) >= 11 is 3.48. The Labute approximate surface area is 119 Å². The highest BCUT2D eigenvalue weighted by Gasteiger charge is 2.30. The molecular weight excluding hydrogens is 286 g/mol. The van der Waals surface area contributed by atoms with E-state index >= 15 is 0 Å². The molecule has 0 amide bonds. The number of nitrogens with one attached hydrogen (secondary N) is 1. The van der Waals surface area contributed by atoms with Crippen molar-refractivity contribution >= 4 is 15.9 Å². The second-order valence-electron chi connectivity index (χ2n) is 5.92.